The summed E-state index contributed by atoms with van der Waals surface area (Å²) in [6.07, 6.45) is 0. The van der Waals surface area contributed by atoms with Crippen molar-refractivity contribution in [2.75, 3.05) is 4.90 Å². The molecule has 0 N–H and O–H groups in total. The van der Waals surface area contributed by atoms with Crippen molar-refractivity contribution >= 4 is 17.5 Å². The van der Waals surface area contributed by atoms with Crippen LogP contribution in [0.4, 0.5) is 10.1 Å². The van der Waals surface area contributed by atoms with Crippen LogP contribution in [0.15, 0.2) is 72.8 Å². The standard InChI is InChI=1S/C25H18FNO2/c1-25-18-11-4-2-9-16(18)20(17-10-3-5-12-19(17)25)21-22(25)24(29)27(23(21)28)15-8-6-7-14(26)13-15/h2-13,20-22H,1H3/t20?,21-,22+,25?/m0/s1. The molecular weight excluding hydrogens is 365 g/mol. The van der Waals surface area contributed by atoms with Gasteiger partial charge in [0.1, 0.15) is 5.82 Å². The van der Waals surface area contributed by atoms with E-state index in [0.717, 1.165) is 22.3 Å². The van der Waals surface area contributed by atoms with Crippen LogP contribution in [0.5, 0.6) is 0 Å². The number of nitrogens with zero attached hydrogens (tertiary/aromatic N) is 1. The van der Waals surface area contributed by atoms with Crippen LogP contribution in [0.2, 0.25) is 0 Å². The Kier molecular flexibility index (Phi) is 3.11. The Morgan fingerprint density at radius 3 is 2.07 bits per heavy atom. The van der Waals surface area contributed by atoms with Crippen molar-refractivity contribution in [3.05, 3.63) is 101 Å². The third-order valence-electron chi connectivity index (χ3n) is 7.11. The maximum Gasteiger partial charge on any atom is 0.238 e. The summed E-state index contributed by atoms with van der Waals surface area (Å²) in [4.78, 5) is 28.5. The zero-order valence-electron chi connectivity index (χ0n) is 15.8. The van der Waals surface area contributed by atoms with Gasteiger partial charge in [0.15, 0.2) is 0 Å². The highest BCUT2D eigenvalue weighted by Crippen LogP contribution is 2.64. The Hall–Kier alpha value is -3.27. The average Bonchev–Trinajstić information content (AvgIpc) is 3.00. The van der Waals surface area contributed by atoms with Gasteiger partial charge in [0.2, 0.25) is 11.8 Å². The van der Waals surface area contributed by atoms with Crippen molar-refractivity contribution in [3.63, 3.8) is 0 Å². The Balaban J connectivity index is 1.63. The van der Waals surface area contributed by atoms with Gasteiger partial charge in [-0.3, -0.25) is 9.59 Å². The quantitative estimate of drug-likeness (QED) is 0.584. The van der Waals surface area contributed by atoms with Crippen LogP contribution in [0.1, 0.15) is 35.1 Å². The first kappa shape index (κ1) is 16.7. The first-order valence-electron chi connectivity index (χ1n) is 9.85. The second-order valence-corrected chi connectivity index (χ2v) is 8.35. The third-order valence-corrected chi connectivity index (χ3v) is 7.11. The first-order chi connectivity index (χ1) is 14.0. The Morgan fingerprint density at radius 2 is 1.45 bits per heavy atom. The van der Waals surface area contributed by atoms with Crippen LogP contribution in [0.3, 0.4) is 0 Å². The van der Waals surface area contributed by atoms with E-state index in [1.807, 2.05) is 24.3 Å². The molecule has 0 spiro atoms. The predicted octanol–water partition coefficient (Wildman–Crippen LogP) is 4.40. The average molecular weight is 383 g/mol. The summed E-state index contributed by atoms with van der Waals surface area (Å²) in [5.41, 5.74) is 4.20. The number of hydrogen-bond acceptors (Lipinski definition) is 2. The minimum absolute atomic E-state index is 0.163. The second-order valence-electron chi connectivity index (χ2n) is 8.35. The van der Waals surface area contributed by atoms with Crippen LogP contribution in [-0.4, -0.2) is 11.8 Å². The molecule has 29 heavy (non-hydrogen) atoms. The van der Waals surface area contributed by atoms with Crippen molar-refractivity contribution in [1.29, 1.82) is 0 Å². The second kappa shape index (κ2) is 5.41. The maximum absolute atomic E-state index is 13.9. The molecule has 3 aliphatic carbocycles. The molecule has 2 atom stereocenters. The molecule has 4 heteroatoms. The largest absolute Gasteiger partial charge is 0.274 e. The van der Waals surface area contributed by atoms with Crippen LogP contribution in [0, 0.1) is 17.7 Å². The number of rotatable bonds is 1. The molecule has 0 unspecified atom stereocenters. The Labute approximate surface area is 167 Å². The van der Waals surface area contributed by atoms with Gasteiger partial charge >= 0.3 is 0 Å². The van der Waals surface area contributed by atoms with E-state index in [-0.39, 0.29) is 17.7 Å². The first-order valence-corrected chi connectivity index (χ1v) is 9.85. The van der Waals surface area contributed by atoms with E-state index in [1.54, 1.807) is 6.07 Å². The molecule has 1 saturated heterocycles. The normalized spacial score (nSPS) is 28.9. The highest BCUT2D eigenvalue weighted by atomic mass is 19.1. The van der Waals surface area contributed by atoms with E-state index in [9.17, 15) is 14.0 Å². The zero-order valence-corrected chi connectivity index (χ0v) is 15.8. The summed E-state index contributed by atoms with van der Waals surface area (Å²) in [6.45, 7) is 2.08. The summed E-state index contributed by atoms with van der Waals surface area (Å²) in [7, 11) is 0. The zero-order chi connectivity index (χ0) is 19.9. The topological polar surface area (TPSA) is 37.4 Å². The molecule has 4 aliphatic rings. The van der Waals surface area contributed by atoms with Crippen molar-refractivity contribution in [1.82, 2.24) is 0 Å². The molecule has 1 fully saturated rings. The van der Waals surface area contributed by atoms with Crippen molar-refractivity contribution in [3.8, 4) is 0 Å². The van der Waals surface area contributed by atoms with Gasteiger partial charge in [-0.1, -0.05) is 61.5 Å². The fraction of sp³-hybridized carbons (Fsp3) is 0.200. The summed E-state index contributed by atoms with van der Waals surface area (Å²) in [5.74, 6) is -2.05. The molecule has 3 aromatic carbocycles. The van der Waals surface area contributed by atoms with Crippen LogP contribution >= 0.6 is 0 Å². The molecule has 7 rings (SSSR count). The van der Waals surface area contributed by atoms with Gasteiger partial charge in [0.25, 0.3) is 0 Å². The monoisotopic (exact) mass is 383 g/mol. The van der Waals surface area contributed by atoms with E-state index >= 15 is 0 Å². The third kappa shape index (κ3) is 1.87. The highest BCUT2D eigenvalue weighted by Gasteiger charge is 2.66. The lowest BCUT2D eigenvalue weighted by atomic mass is 9.48. The van der Waals surface area contributed by atoms with Crippen LogP contribution in [-0.2, 0) is 15.0 Å². The molecule has 1 heterocycles. The molecule has 2 amide bonds. The molecule has 3 aromatic rings. The molecule has 2 bridgehead atoms. The number of benzene rings is 3. The number of carbonyl (C=O) groups is 2. The SMILES string of the molecule is CC12c3ccccc3C(c3ccccc31)[C@@H]1C(=O)N(c3cccc(F)c3)C(=O)[C@@H]12. The Morgan fingerprint density at radius 1 is 0.828 bits per heavy atom. The number of hydrogen-bond donors (Lipinski definition) is 0. The minimum Gasteiger partial charge on any atom is -0.274 e. The highest BCUT2D eigenvalue weighted by molar-refractivity contribution is 6.23. The minimum atomic E-state index is -0.596. The number of amides is 2. The summed E-state index contributed by atoms with van der Waals surface area (Å²) in [5, 5.41) is 0. The number of imide groups is 1. The fourth-order valence-corrected chi connectivity index (χ4v) is 6.02. The molecule has 0 radical (unpaired) electrons. The van der Waals surface area contributed by atoms with Crippen molar-refractivity contribution < 1.29 is 14.0 Å². The molecule has 142 valence electrons. The van der Waals surface area contributed by atoms with E-state index in [4.69, 9.17) is 0 Å². The van der Waals surface area contributed by atoms with E-state index in [2.05, 4.69) is 31.2 Å². The fourth-order valence-electron chi connectivity index (χ4n) is 6.02. The summed E-state index contributed by atoms with van der Waals surface area (Å²) < 4.78 is 13.9. The number of carbonyl (C=O) groups excluding carboxylic acids is 2. The van der Waals surface area contributed by atoms with Crippen molar-refractivity contribution in [2.24, 2.45) is 11.8 Å². The smallest absolute Gasteiger partial charge is 0.238 e. The van der Waals surface area contributed by atoms with Gasteiger partial charge in [-0.05, 0) is 40.5 Å². The molecule has 0 aromatic heterocycles. The molecule has 1 aliphatic heterocycles. The van der Waals surface area contributed by atoms with Gasteiger partial charge in [-0.15, -0.1) is 0 Å². The van der Waals surface area contributed by atoms with E-state index < -0.39 is 23.1 Å². The Bertz CT molecular complexity index is 1170. The van der Waals surface area contributed by atoms with Gasteiger partial charge in [-0.25, -0.2) is 9.29 Å². The van der Waals surface area contributed by atoms with Gasteiger partial charge in [0, 0.05) is 11.3 Å². The summed E-state index contributed by atoms with van der Waals surface area (Å²) >= 11 is 0. The van der Waals surface area contributed by atoms with E-state index in [1.165, 1.54) is 23.1 Å². The van der Waals surface area contributed by atoms with E-state index in [0.29, 0.717) is 5.69 Å². The van der Waals surface area contributed by atoms with Crippen molar-refractivity contribution in [2.45, 2.75) is 18.3 Å². The van der Waals surface area contributed by atoms with Gasteiger partial charge in [-0.2, -0.15) is 0 Å². The lowest BCUT2D eigenvalue weighted by Gasteiger charge is -2.52. The maximum atomic E-state index is 13.9. The lowest BCUT2D eigenvalue weighted by molar-refractivity contribution is -0.123. The van der Waals surface area contributed by atoms with Gasteiger partial charge in [0.05, 0.1) is 17.5 Å². The van der Waals surface area contributed by atoms with Crippen LogP contribution in [0.25, 0.3) is 0 Å². The lowest BCUT2D eigenvalue weighted by Crippen LogP contribution is -2.51. The number of anilines is 1. The molecule has 3 nitrogen and oxygen atoms in total. The predicted molar refractivity (Wildman–Crippen MR) is 107 cm³/mol. The molecular formula is C25H18FNO2. The summed E-state index contributed by atoms with van der Waals surface area (Å²) in [6, 6.07) is 22.0. The van der Waals surface area contributed by atoms with Gasteiger partial charge < -0.3 is 0 Å². The number of halogens is 1. The molecule has 0 saturated carbocycles. The van der Waals surface area contributed by atoms with Crippen LogP contribution < -0.4 is 4.90 Å².